The highest BCUT2D eigenvalue weighted by Crippen LogP contribution is 2.24. The average Bonchev–Trinajstić information content (AvgIpc) is 2.33. The van der Waals surface area contributed by atoms with Crippen LogP contribution in [0.2, 0.25) is 0 Å². The monoisotopic (exact) mass is 180 g/mol. The van der Waals surface area contributed by atoms with Gasteiger partial charge in [-0.25, -0.2) is 9.78 Å². The van der Waals surface area contributed by atoms with Crippen LogP contribution in [0.25, 0.3) is 0 Å². The Morgan fingerprint density at radius 3 is 2.46 bits per heavy atom. The van der Waals surface area contributed by atoms with Crippen molar-refractivity contribution in [3.05, 3.63) is 17.3 Å². The van der Waals surface area contributed by atoms with Crippen molar-refractivity contribution in [2.75, 3.05) is 0 Å². The molecular weight excluding hydrogens is 168 g/mol. The number of oxazole rings is 1. The van der Waals surface area contributed by atoms with Crippen LogP contribution in [0.3, 0.4) is 0 Å². The SMILES string of the molecule is Cc1nc(C(C)(C)N=C=O)oc1C. The lowest BCUT2D eigenvalue weighted by atomic mass is 10.1. The lowest BCUT2D eigenvalue weighted by molar-refractivity contribution is 0.367. The van der Waals surface area contributed by atoms with Crippen molar-refractivity contribution < 1.29 is 9.21 Å². The Kier molecular flexibility index (Phi) is 2.34. The van der Waals surface area contributed by atoms with Gasteiger partial charge in [-0.05, 0) is 27.7 Å². The molecule has 0 amide bonds. The van der Waals surface area contributed by atoms with Gasteiger partial charge in [-0.15, -0.1) is 0 Å². The second-order valence-corrected chi connectivity index (χ2v) is 3.42. The van der Waals surface area contributed by atoms with E-state index in [0.717, 1.165) is 11.5 Å². The van der Waals surface area contributed by atoms with Crippen molar-refractivity contribution in [2.24, 2.45) is 4.99 Å². The van der Waals surface area contributed by atoms with Crippen LogP contribution < -0.4 is 0 Å². The molecule has 70 valence electrons. The molecule has 0 N–H and O–H groups in total. The molecule has 13 heavy (non-hydrogen) atoms. The van der Waals surface area contributed by atoms with Crippen molar-refractivity contribution in [3.63, 3.8) is 0 Å². The molecule has 1 heterocycles. The van der Waals surface area contributed by atoms with E-state index >= 15 is 0 Å². The Labute approximate surface area is 76.7 Å². The second kappa shape index (κ2) is 3.15. The van der Waals surface area contributed by atoms with Gasteiger partial charge in [0.15, 0.2) is 0 Å². The number of isocyanates is 1. The Hall–Kier alpha value is -1.41. The first-order valence-electron chi connectivity index (χ1n) is 4.01. The lowest BCUT2D eigenvalue weighted by Gasteiger charge is -2.11. The van der Waals surface area contributed by atoms with Crippen molar-refractivity contribution in [3.8, 4) is 0 Å². The van der Waals surface area contributed by atoms with Crippen LogP contribution in [0.4, 0.5) is 0 Å². The van der Waals surface area contributed by atoms with Gasteiger partial charge in [0.05, 0.1) is 5.69 Å². The maximum atomic E-state index is 10.1. The van der Waals surface area contributed by atoms with Crippen LogP contribution in [-0.2, 0) is 10.3 Å². The van der Waals surface area contributed by atoms with Crippen LogP contribution >= 0.6 is 0 Å². The Bertz CT molecular complexity index is 340. The third-order valence-electron chi connectivity index (χ3n) is 1.88. The van der Waals surface area contributed by atoms with Gasteiger partial charge in [-0.2, -0.15) is 4.99 Å². The van der Waals surface area contributed by atoms with Crippen LogP contribution in [0, 0.1) is 13.8 Å². The summed E-state index contributed by atoms with van der Waals surface area (Å²) < 4.78 is 5.35. The van der Waals surface area contributed by atoms with E-state index in [0.29, 0.717) is 5.89 Å². The van der Waals surface area contributed by atoms with E-state index in [9.17, 15) is 4.79 Å². The lowest BCUT2D eigenvalue weighted by Crippen LogP contribution is -2.13. The average molecular weight is 180 g/mol. The first-order chi connectivity index (χ1) is 5.97. The third-order valence-corrected chi connectivity index (χ3v) is 1.88. The fourth-order valence-electron chi connectivity index (χ4n) is 0.896. The Balaban J connectivity index is 3.14. The van der Waals surface area contributed by atoms with Crippen molar-refractivity contribution in [1.29, 1.82) is 0 Å². The van der Waals surface area contributed by atoms with Crippen LogP contribution in [0.1, 0.15) is 31.2 Å². The van der Waals surface area contributed by atoms with Crippen molar-refractivity contribution >= 4 is 6.08 Å². The van der Waals surface area contributed by atoms with E-state index in [1.807, 2.05) is 13.8 Å². The molecule has 0 radical (unpaired) electrons. The Morgan fingerprint density at radius 1 is 1.46 bits per heavy atom. The zero-order valence-corrected chi connectivity index (χ0v) is 8.21. The summed E-state index contributed by atoms with van der Waals surface area (Å²) in [6.07, 6.45) is 1.51. The summed E-state index contributed by atoms with van der Waals surface area (Å²) in [6.45, 7) is 7.18. The highest BCUT2D eigenvalue weighted by molar-refractivity contribution is 5.35. The van der Waals surface area contributed by atoms with Gasteiger partial charge in [-0.1, -0.05) is 0 Å². The van der Waals surface area contributed by atoms with Crippen molar-refractivity contribution in [1.82, 2.24) is 4.98 Å². The molecule has 4 heteroatoms. The van der Waals surface area contributed by atoms with Crippen LogP contribution in [0.5, 0.6) is 0 Å². The number of rotatable bonds is 2. The highest BCUT2D eigenvalue weighted by Gasteiger charge is 2.26. The fraction of sp³-hybridized carbons (Fsp3) is 0.556. The fourth-order valence-corrected chi connectivity index (χ4v) is 0.896. The van der Waals surface area contributed by atoms with Gasteiger partial charge in [0.1, 0.15) is 11.3 Å². The van der Waals surface area contributed by atoms with E-state index in [1.54, 1.807) is 13.8 Å². The van der Waals surface area contributed by atoms with E-state index in [-0.39, 0.29) is 0 Å². The van der Waals surface area contributed by atoms with E-state index < -0.39 is 5.54 Å². The molecule has 1 aromatic heterocycles. The summed E-state index contributed by atoms with van der Waals surface area (Å²) in [4.78, 5) is 17.9. The summed E-state index contributed by atoms with van der Waals surface area (Å²) in [7, 11) is 0. The summed E-state index contributed by atoms with van der Waals surface area (Å²) in [6, 6.07) is 0. The van der Waals surface area contributed by atoms with Gasteiger partial charge >= 0.3 is 0 Å². The molecule has 0 saturated carbocycles. The van der Waals surface area contributed by atoms with E-state index in [4.69, 9.17) is 4.42 Å². The van der Waals surface area contributed by atoms with Gasteiger partial charge in [-0.3, -0.25) is 0 Å². The molecular formula is C9H12N2O2. The molecule has 0 fully saturated rings. The van der Waals surface area contributed by atoms with Gasteiger partial charge < -0.3 is 4.42 Å². The van der Waals surface area contributed by atoms with Crippen LogP contribution in [0.15, 0.2) is 9.41 Å². The first kappa shape index (κ1) is 9.68. The minimum absolute atomic E-state index is 0.450. The molecule has 0 unspecified atom stereocenters. The minimum atomic E-state index is -0.721. The number of hydrogen-bond acceptors (Lipinski definition) is 4. The smallest absolute Gasteiger partial charge is 0.236 e. The topological polar surface area (TPSA) is 55.5 Å². The number of aryl methyl sites for hydroxylation is 2. The largest absolute Gasteiger partial charge is 0.443 e. The van der Waals surface area contributed by atoms with E-state index in [1.165, 1.54) is 6.08 Å². The number of nitrogens with zero attached hydrogens (tertiary/aromatic N) is 2. The van der Waals surface area contributed by atoms with Gasteiger partial charge in [0.2, 0.25) is 12.0 Å². The summed E-state index contributed by atoms with van der Waals surface area (Å²) in [5.74, 6) is 1.20. The van der Waals surface area contributed by atoms with Gasteiger partial charge in [0, 0.05) is 0 Å². The normalized spacial score (nSPS) is 11.1. The molecule has 0 aliphatic carbocycles. The molecule has 1 rings (SSSR count). The third kappa shape index (κ3) is 1.84. The van der Waals surface area contributed by atoms with E-state index in [2.05, 4.69) is 9.98 Å². The van der Waals surface area contributed by atoms with Gasteiger partial charge in [0.25, 0.3) is 0 Å². The zero-order valence-electron chi connectivity index (χ0n) is 8.21. The highest BCUT2D eigenvalue weighted by atomic mass is 16.4. The molecule has 0 aromatic carbocycles. The Morgan fingerprint density at radius 2 is 2.08 bits per heavy atom. The first-order valence-corrected chi connectivity index (χ1v) is 4.01. The van der Waals surface area contributed by atoms with Crippen LogP contribution in [-0.4, -0.2) is 11.1 Å². The summed E-state index contributed by atoms with van der Waals surface area (Å²) >= 11 is 0. The molecule has 0 spiro atoms. The molecule has 0 aliphatic heterocycles. The maximum absolute atomic E-state index is 10.1. The molecule has 0 bridgehead atoms. The molecule has 1 aromatic rings. The zero-order chi connectivity index (χ0) is 10.1. The summed E-state index contributed by atoms with van der Waals surface area (Å²) in [5, 5.41) is 0. The van der Waals surface area contributed by atoms with Crippen molar-refractivity contribution in [2.45, 2.75) is 33.2 Å². The number of carbonyl (C=O) groups excluding carboxylic acids is 1. The second-order valence-electron chi connectivity index (χ2n) is 3.42. The number of hydrogen-bond donors (Lipinski definition) is 0. The molecule has 0 atom stereocenters. The predicted octanol–water partition coefficient (Wildman–Crippen LogP) is 1.86. The predicted molar refractivity (Wildman–Crippen MR) is 47.1 cm³/mol. The quantitative estimate of drug-likeness (QED) is 0.515. The standard InChI is InChI=1S/C9H12N2O2/c1-6-7(2)13-8(11-6)9(3,4)10-5-12/h1-4H3. The molecule has 4 nitrogen and oxygen atoms in total. The minimum Gasteiger partial charge on any atom is -0.443 e. The molecule has 0 aliphatic rings. The molecule has 0 saturated heterocycles. The maximum Gasteiger partial charge on any atom is 0.236 e. The number of aliphatic imine (C=N–C) groups is 1. The summed E-state index contributed by atoms with van der Waals surface area (Å²) in [5.41, 5.74) is 0.102. The number of aromatic nitrogens is 1.